The first-order valence-electron chi connectivity index (χ1n) is 7.64. The van der Waals surface area contributed by atoms with Gasteiger partial charge in [0.2, 0.25) is 0 Å². The lowest BCUT2D eigenvalue weighted by molar-refractivity contribution is 0.0533. The molecule has 2 rings (SSSR count). The number of carbonyl (C=O) groups excluding carboxylic acids is 1. The van der Waals surface area contributed by atoms with E-state index >= 15 is 0 Å². The summed E-state index contributed by atoms with van der Waals surface area (Å²) in [6.07, 6.45) is 0.749. The van der Waals surface area contributed by atoms with Crippen molar-refractivity contribution in [1.29, 1.82) is 0 Å². The average molecular weight is 308 g/mol. The van der Waals surface area contributed by atoms with Gasteiger partial charge in [0.15, 0.2) is 11.5 Å². The third-order valence-corrected chi connectivity index (χ3v) is 3.52. The van der Waals surface area contributed by atoms with Crippen LogP contribution in [0.15, 0.2) is 18.2 Å². The normalized spacial score (nSPS) is 14.5. The topological polar surface area (TPSA) is 60.0 Å². The Morgan fingerprint density at radius 2 is 2.09 bits per heavy atom. The highest BCUT2D eigenvalue weighted by molar-refractivity contribution is 5.74. The van der Waals surface area contributed by atoms with E-state index in [0.717, 1.165) is 23.5 Å². The first-order valence-corrected chi connectivity index (χ1v) is 7.64. The Morgan fingerprint density at radius 3 is 2.77 bits per heavy atom. The number of nitrogens with one attached hydrogen (secondary N) is 1. The smallest absolute Gasteiger partial charge is 0.317 e. The lowest BCUT2D eigenvalue weighted by Gasteiger charge is -2.26. The quantitative estimate of drug-likeness (QED) is 0.868. The van der Waals surface area contributed by atoms with Crippen molar-refractivity contribution in [1.82, 2.24) is 10.2 Å². The Bertz CT molecular complexity index is 487. The van der Waals surface area contributed by atoms with E-state index in [1.54, 1.807) is 12.0 Å². The van der Waals surface area contributed by atoms with Crippen molar-refractivity contribution >= 4 is 6.03 Å². The van der Waals surface area contributed by atoms with E-state index in [-0.39, 0.29) is 6.03 Å². The maximum Gasteiger partial charge on any atom is 0.317 e. The number of ether oxygens (including phenoxy) is 3. The number of rotatable bonds is 6. The van der Waals surface area contributed by atoms with Gasteiger partial charge in [-0.1, -0.05) is 6.07 Å². The lowest BCUT2D eigenvalue weighted by atomic mass is 10.1. The lowest BCUT2D eigenvalue weighted by Crippen LogP contribution is -2.46. The van der Waals surface area contributed by atoms with Gasteiger partial charge in [-0.05, 0) is 31.0 Å². The van der Waals surface area contributed by atoms with Crippen molar-refractivity contribution < 1.29 is 19.0 Å². The third kappa shape index (κ3) is 4.53. The van der Waals surface area contributed by atoms with E-state index in [2.05, 4.69) is 5.32 Å². The zero-order valence-electron chi connectivity index (χ0n) is 13.3. The molecule has 0 saturated carbocycles. The van der Waals surface area contributed by atoms with Crippen molar-refractivity contribution in [2.24, 2.45) is 0 Å². The Kier molecular flexibility index (Phi) is 6.33. The van der Waals surface area contributed by atoms with Gasteiger partial charge in [-0.3, -0.25) is 0 Å². The molecule has 1 aromatic carbocycles. The molecule has 22 heavy (non-hydrogen) atoms. The Labute approximate surface area is 131 Å². The Hall–Kier alpha value is -1.95. The molecule has 1 aromatic rings. The number of hydrogen-bond donors (Lipinski definition) is 1. The van der Waals surface area contributed by atoms with Gasteiger partial charge in [0.25, 0.3) is 0 Å². The summed E-state index contributed by atoms with van der Waals surface area (Å²) in [6, 6.07) is 5.82. The van der Waals surface area contributed by atoms with Gasteiger partial charge in [-0.15, -0.1) is 0 Å². The van der Waals surface area contributed by atoms with E-state index in [0.29, 0.717) is 39.5 Å². The number of hydrogen-bond acceptors (Lipinski definition) is 4. The summed E-state index contributed by atoms with van der Waals surface area (Å²) in [5.74, 6) is 1.46. The first kappa shape index (κ1) is 16.4. The van der Waals surface area contributed by atoms with Crippen molar-refractivity contribution in [3.8, 4) is 11.5 Å². The highest BCUT2D eigenvalue weighted by atomic mass is 16.5. The fourth-order valence-electron chi connectivity index (χ4n) is 2.33. The first-order chi connectivity index (χ1) is 10.7. The van der Waals surface area contributed by atoms with Crippen LogP contribution in [0.3, 0.4) is 0 Å². The zero-order chi connectivity index (χ0) is 15.8. The molecule has 1 saturated heterocycles. The SMILES string of the molecule is CCOc1ccc(CCNC(=O)N2CCOCC2)cc1OC. The molecule has 0 aromatic heterocycles. The molecular weight excluding hydrogens is 284 g/mol. The molecule has 0 atom stereocenters. The molecule has 0 bridgehead atoms. The molecule has 1 heterocycles. The van der Waals surface area contributed by atoms with E-state index in [1.165, 1.54) is 0 Å². The predicted octanol–water partition coefficient (Wildman–Crippen LogP) is 1.68. The van der Waals surface area contributed by atoms with Crippen LogP contribution in [0.1, 0.15) is 12.5 Å². The van der Waals surface area contributed by atoms with Crippen LogP contribution in [-0.2, 0) is 11.2 Å². The van der Waals surface area contributed by atoms with Gasteiger partial charge >= 0.3 is 6.03 Å². The van der Waals surface area contributed by atoms with Gasteiger partial charge in [-0.2, -0.15) is 0 Å². The monoisotopic (exact) mass is 308 g/mol. The number of urea groups is 1. The van der Waals surface area contributed by atoms with Crippen LogP contribution in [0.25, 0.3) is 0 Å². The van der Waals surface area contributed by atoms with Crippen molar-refractivity contribution in [3.63, 3.8) is 0 Å². The van der Waals surface area contributed by atoms with Crippen molar-refractivity contribution in [2.45, 2.75) is 13.3 Å². The largest absolute Gasteiger partial charge is 0.493 e. The molecule has 0 unspecified atom stereocenters. The van der Waals surface area contributed by atoms with Gasteiger partial charge in [0, 0.05) is 19.6 Å². The summed E-state index contributed by atoms with van der Waals surface area (Å²) >= 11 is 0. The zero-order valence-corrected chi connectivity index (χ0v) is 13.3. The molecule has 1 aliphatic heterocycles. The van der Waals surface area contributed by atoms with Gasteiger partial charge in [0.1, 0.15) is 0 Å². The molecule has 1 fully saturated rings. The predicted molar refractivity (Wildman–Crippen MR) is 83.7 cm³/mol. The van der Waals surface area contributed by atoms with E-state index in [1.807, 2.05) is 25.1 Å². The number of amides is 2. The van der Waals surface area contributed by atoms with Crippen LogP contribution in [0.5, 0.6) is 11.5 Å². The third-order valence-electron chi connectivity index (χ3n) is 3.52. The van der Waals surface area contributed by atoms with Gasteiger partial charge in [0.05, 0.1) is 26.9 Å². The number of methoxy groups -OCH3 is 1. The molecular formula is C16H24N2O4. The summed E-state index contributed by atoms with van der Waals surface area (Å²) < 4.78 is 16.1. The summed E-state index contributed by atoms with van der Waals surface area (Å²) in [6.45, 7) is 5.67. The second-order valence-corrected chi connectivity index (χ2v) is 5.00. The van der Waals surface area contributed by atoms with Gasteiger partial charge < -0.3 is 24.4 Å². The number of nitrogens with zero attached hydrogens (tertiary/aromatic N) is 1. The Balaban J connectivity index is 1.82. The minimum Gasteiger partial charge on any atom is -0.493 e. The minimum absolute atomic E-state index is 0.0267. The van der Waals surface area contributed by atoms with E-state index in [9.17, 15) is 4.79 Å². The van der Waals surface area contributed by atoms with Crippen LogP contribution in [-0.4, -0.2) is 57.5 Å². The summed E-state index contributed by atoms with van der Waals surface area (Å²) in [5, 5.41) is 2.94. The average Bonchev–Trinajstić information content (AvgIpc) is 2.57. The van der Waals surface area contributed by atoms with Crippen LogP contribution >= 0.6 is 0 Å². The van der Waals surface area contributed by atoms with Crippen LogP contribution in [0, 0.1) is 0 Å². The van der Waals surface area contributed by atoms with Crippen molar-refractivity contribution in [2.75, 3.05) is 46.6 Å². The maximum absolute atomic E-state index is 12.0. The fraction of sp³-hybridized carbons (Fsp3) is 0.562. The molecule has 1 N–H and O–H groups in total. The second-order valence-electron chi connectivity index (χ2n) is 5.00. The molecule has 2 amide bonds. The standard InChI is InChI=1S/C16H24N2O4/c1-3-22-14-5-4-13(12-15(14)20-2)6-7-17-16(19)18-8-10-21-11-9-18/h4-5,12H,3,6-11H2,1-2H3,(H,17,19). The maximum atomic E-state index is 12.0. The van der Waals surface area contributed by atoms with Gasteiger partial charge in [-0.25, -0.2) is 4.79 Å². The molecule has 1 aliphatic rings. The van der Waals surface area contributed by atoms with Crippen LogP contribution in [0.2, 0.25) is 0 Å². The van der Waals surface area contributed by atoms with Crippen molar-refractivity contribution in [3.05, 3.63) is 23.8 Å². The highest BCUT2D eigenvalue weighted by Gasteiger charge is 2.15. The van der Waals surface area contributed by atoms with Crippen LogP contribution < -0.4 is 14.8 Å². The van der Waals surface area contributed by atoms with E-state index in [4.69, 9.17) is 14.2 Å². The van der Waals surface area contributed by atoms with E-state index < -0.39 is 0 Å². The summed E-state index contributed by atoms with van der Waals surface area (Å²) in [5.41, 5.74) is 1.10. The molecule has 0 aliphatic carbocycles. The molecule has 6 nitrogen and oxygen atoms in total. The number of carbonyl (C=O) groups is 1. The van der Waals surface area contributed by atoms with Crippen LogP contribution in [0.4, 0.5) is 4.79 Å². The summed E-state index contributed by atoms with van der Waals surface area (Å²) in [4.78, 5) is 13.7. The second kappa shape index (κ2) is 8.48. The molecule has 6 heteroatoms. The highest BCUT2D eigenvalue weighted by Crippen LogP contribution is 2.28. The number of morpholine rings is 1. The molecule has 0 radical (unpaired) electrons. The minimum atomic E-state index is -0.0267. The molecule has 0 spiro atoms. The number of benzene rings is 1. The molecule has 122 valence electrons. The summed E-state index contributed by atoms with van der Waals surface area (Å²) in [7, 11) is 1.63. The fourth-order valence-corrected chi connectivity index (χ4v) is 2.33. The Morgan fingerprint density at radius 1 is 1.32 bits per heavy atom.